The number of carbonyl (C=O) groups excluding carboxylic acids is 3. The van der Waals surface area contributed by atoms with Gasteiger partial charge in [0, 0.05) is 19.3 Å². The molecule has 0 unspecified atom stereocenters. The SMILES string of the molecule is CC/C=C\C/C=C\C/C=C\C/C=C\CCCCCCC(=O)OC[C@H](COC(=O)CCCCCCCCC/C=C\C/C=C\CCCCC)OC(=O)CCCCCCCCC/C=C\C/C=C\CCCCC. The van der Waals surface area contributed by atoms with Gasteiger partial charge in [-0.2, -0.15) is 0 Å². The molecule has 0 fully saturated rings. The monoisotopic (exact) mass is 959 g/mol. The van der Waals surface area contributed by atoms with Gasteiger partial charge < -0.3 is 14.2 Å². The van der Waals surface area contributed by atoms with Crippen molar-refractivity contribution in [2.75, 3.05) is 13.2 Å². The largest absolute Gasteiger partial charge is 0.462 e. The first kappa shape index (κ1) is 65.3. The molecule has 0 rings (SSSR count). The van der Waals surface area contributed by atoms with Gasteiger partial charge in [-0.25, -0.2) is 0 Å². The smallest absolute Gasteiger partial charge is 0.306 e. The molecule has 0 saturated heterocycles. The Morgan fingerprint density at radius 3 is 0.884 bits per heavy atom. The zero-order valence-corrected chi connectivity index (χ0v) is 45.0. The summed E-state index contributed by atoms with van der Waals surface area (Å²) < 4.78 is 16.8. The number of unbranched alkanes of at least 4 members (excludes halogenated alkanes) is 24. The van der Waals surface area contributed by atoms with Crippen LogP contribution in [0.4, 0.5) is 0 Å². The summed E-state index contributed by atoms with van der Waals surface area (Å²) >= 11 is 0. The molecule has 0 aliphatic carbocycles. The molecular weight excluding hydrogens is 853 g/mol. The van der Waals surface area contributed by atoms with Gasteiger partial charge in [-0.1, -0.05) is 221 Å². The predicted octanol–water partition coefficient (Wildman–Crippen LogP) is 19.3. The number of rotatable bonds is 51. The second-order valence-electron chi connectivity index (χ2n) is 18.8. The summed E-state index contributed by atoms with van der Waals surface area (Å²) in [7, 11) is 0. The van der Waals surface area contributed by atoms with Gasteiger partial charge in [0.2, 0.25) is 0 Å². The number of hydrogen-bond acceptors (Lipinski definition) is 6. The quantitative estimate of drug-likeness (QED) is 0.0262. The van der Waals surface area contributed by atoms with Gasteiger partial charge in [0.15, 0.2) is 6.10 Å². The molecular formula is C63H106O6. The lowest BCUT2D eigenvalue weighted by atomic mass is 10.1. The highest BCUT2D eigenvalue weighted by Crippen LogP contribution is 2.14. The predicted molar refractivity (Wildman–Crippen MR) is 297 cm³/mol. The summed E-state index contributed by atoms with van der Waals surface area (Å²) in [5.41, 5.74) is 0. The second-order valence-corrected chi connectivity index (χ2v) is 18.8. The molecule has 6 heteroatoms. The Morgan fingerprint density at radius 2 is 0.565 bits per heavy atom. The zero-order chi connectivity index (χ0) is 50.0. The van der Waals surface area contributed by atoms with Crippen molar-refractivity contribution < 1.29 is 28.6 Å². The Morgan fingerprint density at radius 1 is 0.304 bits per heavy atom. The van der Waals surface area contributed by atoms with Crippen LogP contribution in [0, 0.1) is 0 Å². The molecule has 0 bridgehead atoms. The zero-order valence-electron chi connectivity index (χ0n) is 45.0. The molecule has 0 aromatic heterocycles. The van der Waals surface area contributed by atoms with Crippen molar-refractivity contribution in [3.05, 3.63) is 97.2 Å². The number of esters is 3. The van der Waals surface area contributed by atoms with Crippen LogP contribution in [0.3, 0.4) is 0 Å². The van der Waals surface area contributed by atoms with E-state index in [-0.39, 0.29) is 31.1 Å². The molecule has 394 valence electrons. The average molecular weight is 960 g/mol. The molecule has 0 aliphatic heterocycles. The summed E-state index contributed by atoms with van der Waals surface area (Å²) in [4.78, 5) is 38.2. The Hall–Kier alpha value is -3.67. The molecule has 0 saturated carbocycles. The van der Waals surface area contributed by atoms with Crippen LogP contribution in [0.2, 0.25) is 0 Å². The maximum absolute atomic E-state index is 12.9. The summed E-state index contributed by atoms with van der Waals surface area (Å²) in [5.74, 6) is -0.930. The third kappa shape index (κ3) is 55.1. The van der Waals surface area contributed by atoms with E-state index in [1.807, 2.05) is 0 Å². The first-order valence-electron chi connectivity index (χ1n) is 28.7. The third-order valence-electron chi connectivity index (χ3n) is 12.0. The molecule has 0 aliphatic rings. The van der Waals surface area contributed by atoms with E-state index in [1.165, 1.54) is 103 Å². The molecule has 0 radical (unpaired) electrons. The Kier molecular flexibility index (Phi) is 53.9. The lowest BCUT2D eigenvalue weighted by Crippen LogP contribution is -2.30. The minimum Gasteiger partial charge on any atom is -0.462 e. The van der Waals surface area contributed by atoms with Gasteiger partial charge in [0.05, 0.1) is 0 Å². The van der Waals surface area contributed by atoms with E-state index in [4.69, 9.17) is 14.2 Å². The third-order valence-corrected chi connectivity index (χ3v) is 12.0. The number of hydrogen-bond donors (Lipinski definition) is 0. The summed E-state index contributed by atoms with van der Waals surface area (Å²) in [5, 5.41) is 0. The van der Waals surface area contributed by atoms with Crippen molar-refractivity contribution in [3.8, 4) is 0 Å². The lowest BCUT2D eigenvalue weighted by molar-refractivity contribution is -0.167. The van der Waals surface area contributed by atoms with Crippen molar-refractivity contribution >= 4 is 17.9 Å². The lowest BCUT2D eigenvalue weighted by Gasteiger charge is -2.18. The Balaban J connectivity index is 4.46. The maximum Gasteiger partial charge on any atom is 0.306 e. The van der Waals surface area contributed by atoms with Crippen LogP contribution in [-0.2, 0) is 28.6 Å². The highest BCUT2D eigenvalue weighted by atomic mass is 16.6. The van der Waals surface area contributed by atoms with E-state index in [9.17, 15) is 14.4 Å². The molecule has 6 nitrogen and oxygen atoms in total. The van der Waals surface area contributed by atoms with Crippen LogP contribution in [0.5, 0.6) is 0 Å². The maximum atomic E-state index is 12.9. The van der Waals surface area contributed by atoms with Crippen LogP contribution < -0.4 is 0 Å². The van der Waals surface area contributed by atoms with Crippen LogP contribution in [-0.4, -0.2) is 37.2 Å². The molecule has 0 spiro atoms. The summed E-state index contributed by atoms with van der Waals surface area (Å²) in [6, 6.07) is 0. The van der Waals surface area contributed by atoms with Gasteiger partial charge in [-0.05, 0) is 122 Å². The topological polar surface area (TPSA) is 78.9 Å². The van der Waals surface area contributed by atoms with Gasteiger partial charge in [-0.3, -0.25) is 14.4 Å². The second kappa shape index (κ2) is 56.9. The number of ether oxygens (including phenoxy) is 3. The molecule has 1 atom stereocenters. The van der Waals surface area contributed by atoms with E-state index < -0.39 is 6.10 Å². The molecule has 0 N–H and O–H groups in total. The van der Waals surface area contributed by atoms with Crippen molar-refractivity contribution in [2.24, 2.45) is 0 Å². The molecule has 0 amide bonds. The van der Waals surface area contributed by atoms with Gasteiger partial charge >= 0.3 is 17.9 Å². The van der Waals surface area contributed by atoms with Crippen LogP contribution in [0.25, 0.3) is 0 Å². The molecule has 69 heavy (non-hydrogen) atoms. The standard InChI is InChI=1S/C63H106O6/c1-4-7-10-13-16-19-22-25-28-31-34-37-40-43-46-49-52-55-61(64)67-58-60(69-63(66)57-54-51-48-45-42-39-36-33-30-27-24-21-18-15-12-9-6-3)59-68-62(65)56-53-50-47-44-41-38-35-32-29-26-23-20-17-14-11-8-5-2/h7,10,16-21,25-30,34,37,60H,4-6,8-9,11-15,22-24,31-33,35-36,38-59H2,1-3H3/b10-7-,19-16-,20-17-,21-18-,28-25-,29-26-,30-27-,37-34-/t60-/m1/s1. The summed E-state index contributed by atoms with van der Waals surface area (Å²) in [6.07, 6.45) is 75.3. The van der Waals surface area contributed by atoms with Gasteiger partial charge in [0.1, 0.15) is 13.2 Å². The van der Waals surface area contributed by atoms with Gasteiger partial charge in [-0.15, -0.1) is 0 Å². The van der Waals surface area contributed by atoms with E-state index in [0.29, 0.717) is 19.3 Å². The fourth-order valence-electron chi connectivity index (χ4n) is 7.73. The molecule has 0 aromatic rings. The summed E-state index contributed by atoms with van der Waals surface area (Å²) in [6.45, 7) is 6.45. The van der Waals surface area contributed by atoms with Crippen LogP contribution >= 0.6 is 0 Å². The Bertz CT molecular complexity index is 1380. The fourth-order valence-corrected chi connectivity index (χ4v) is 7.73. The van der Waals surface area contributed by atoms with Crippen molar-refractivity contribution in [1.82, 2.24) is 0 Å². The first-order chi connectivity index (χ1) is 34.0. The minimum atomic E-state index is -0.797. The average Bonchev–Trinajstić information content (AvgIpc) is 3.35. The number of carbonyl (C=O) groups is 3. The van der Waals surface area contributed by atoms with Crippen LogP contribution in [0.15, 0.2) is 97.2 Å². The van der Waals surface area contributed by atoms with E-state index >= 15 is 0 Å². The van der Waals surface area contributed by atoms with E-state index in [0.717, 1.165) is 122 Å². The van der Waals surface area contributed by atoms with Crippen molar-refractivity contribution in [1.29, 1.82) is 0 Å². The van der Waals surface area contributed by atoms with Crippen molar-refractivity contribution in [3.63, 3.8) is 0 Å². The van der Waals surface area contributed by atoms with Crippen molar-refractivity contribution in [2.45, 2.75) is 271 Å². The molecule has 0 heterocycles. The van der Waals surface area contributed by atoms with E-state index in [1.54, 1.807) is 0 Å². The molecule has 0 aromatic carbocycles. The van der Waals surface area contributed by atoms with E-state index in [2.05, 4.69) is 118 Å². The van der Waals surface area contributed by atoms with Gasteiger partial charge in [0.25, 0.3) is 0 Å². The fraction of sp³-hybridized carbons (Fsp3) is 0.698. The normalized spacial score (nSPS) is 12.8. The highest BCUT2D eigenvalue weighted by Gasteiger charge is 2.19. The minimum absolute atomic E-state index is 0.0935. The first-order valence-corrected chi connectivity index (χ1v) is 28.7. The number of allylic oxidation sites excluding steroid dienone is 16. The Labute approximate surface area is 426 Å². The van der Waals surface area contributed by atoms with Crippen LogP contribution in [0.1, 0.15) is 265 Å². The highest BCUT2D eigenvalue weighted by molar-refractivity contribution is 5.71.